The molecule has 3 N–H and O–H groups in total. The summed E-state index contributed by atoms with van der Waals surface area (Å²) in [5.74, 6) is -0.0105. The van der Waals surface area contributed by atoms with Gasteiger partial charge in [-0.15, -0.1) is 0 Å². The smallest absolute Gasteiger partial charge is 0.224 e. The van der Waals surface area contributed by atoms with Gasteiger partial charge in [-0.1, -0.05) is 12.2 Å². The number of amides is 1. The minimum Gasteiger partial charge on any atom is -0.359 e. The molecule has 1 amide bonds. The maximum absolute atomic E-state index is 11.1. The fourth-order valence-corrected chi connectivity index (χ4v) is 1.49. The van der Waals surface area contributed by atoms with Crippen molar-refractivity contribution in [3.05, 3.63) is 12.2 Å². The first-order valence-corrected chi connectivity index (χ1v) is 3.79. The summed E-state index contributed by atoms with van der Waals surface area (Å²) in [5, 5.41) is 2.60. The normalized spacial score (nSPS) is 30.5. The van der Waals surface area contributed by atoms with Gasteiger partial charge in [-0.2, -0.15) is 0 Å². The molecule has 3 nitrogen and oxygen atoms in total. The highest BCUT2D eigenvalue weighted by molar-refractivity contribution is 5.80. The Morgan fingerprint density at radius 2 is 2.36 bits per heavy atom. The van der Waals surface area contributed by atoms with E-state index >= 15 is 0 Å². The van der Waals surface area contributed by atoms with Crippen LogP contribution in [0.15, 0.2) is 12.2 Å². The van der Waals surface area contributed by atoms with Crippen molar-refractivity contribution >= 4 is 5.91 Å². The molecule has 1 rings (SSSR count). The summed E-state index contributed by atoms with van der Waals surface area (Å²) in [7, 11) is 1.64. The van der Waals surface area contributed by atoms with Crippen LogP contribution in [0.25, 0.3) is 0 Å². The van der Waals surface area contributed by atoms with Crippen molar-refractivity contribution in [2.45, 2.75) is 18.9 Å². The lowest BCUT2D eigenvalue weighted by Gasteiger charge is -2.11. The van der Waals surface area contributed by atoms with Crippen LogP contribution >= 0.6 is 0 Å². The molecule has 0 aromatic carbocycles. The van der Waals surface area contributed by atoms with Gasteiger partial charge in [-0.3, -0.25) is 4.79 Å². The van der Waals surface area contributed by atoms with E-state index < -0.39 is 0 Å². The Hall–Kier alpha value is -0.830. The number of hydrogen-bond donors (Lipinski definition) is 2. The van der Waals surface area contributed by atoms with Crippen LogP contribution in [-0.2, 0) is 4.79 Å². The van der Waals surface area contributed by atoms with Gasteiger partial charge in [0, 0.05) is 13.1 Å². The van der Waals surface area contributed by atoms with Crippen molar-refractivity contribution in [1.29, 1.82) is 0 Å². The predicted octanol–water partition coefficient (Wildman–Crippen LogP) is 0.0259. The van der Waals surface area contributed by atoms with Gasteiger partial charge in [-0.25, -0.2) is 0 Å². The van der Waals surface area contributed by atoms with E-state index in [0.717, 1.165) is 18.4 Å². The minimum atomic E-state index is -0.0486. The Labute approximate surface area is 66.6 Å². The lowest BCUT2D eigenvalue weighted by atomic mass is 10.0. The molecule has 1 saturated carbocycles. The van der Waals surface area contributed by atoms with Crippen molar-refractivity contribution in [2.24, 2.45) is 11.7 Å². The van der Waals surface area contributed by atoms with Gasteiger partial charge in [0.05, 0.1) is 5.92 Å². The zero-order chi connectivity index (χ0) is 8.43. The Morgan fingerprint density at radius 1 is 1.73 bits per heavy atom. The van der Waals surface area contributed by atoms with Crippen molar-refractivity contribution in [3.8, 4) is 0 Å². The van der Waals surface area contributed by atoms with Crippen LogP contribution in [-0.4, -0.2) is 19.0 Å². The lowest BCUT2D eigenvalue weighted by molar-refractivity contribution is -0.124. The van der Waals surface area contributed by atoms with Crippen LogP contribution in [0.5, 0.6) is 0 Å². The molecule has 3 heteroatoms. The highest BCUT2D eigenvalue weighted by Gasteiger charge is 2.31. The summed E-state index contributed by atoms with van der Waals surface area (Å²) in [6, 6.07) is -0.0255. The first kappa shape index (κ1) is 8.27. The fourth-order valence-electron chi connectivity index (χ4n) is 1.49. The first-order chi connectivity index (χ1) is 5.15. The Balaban J connectivity index is 2.59. The number of carbonyl (C=O) groups is 1. The van der Waals surface area contributed by atoms with E-state index in [4.69, 9.17) is 5.73 Å². The second-order valence-electron chi connectivity index (χ2n) is 3.04. The van der Waals surface area contributed by atoms with Crippen molar-refractivity contribution < 1.29 is 4.79 Å². The molecular weight excluding hydrogens is 140 g/mol. The first-order valence-electron chi connectivity index (χ1n) is 3.79. The molecule has 0 radical (unpaired) electrons. The third kappa shape index (κ3) is 1.60. The standard InChI is InChI=1S/C8H14N2O/c1-5-3-6(7(9)4-5)8(11)10-2/h6-7H,1,3-4,9H2,2H3,(H,10,11)/t6-,7+/m1/s1. The third-order valence-corrected chi connectivity index (χ3v) is 2.13. The minimum absolute atomic E-state index is 0.0255. The molecule has 0 bridgehead atoms. The van der Waals surface area contributed by atoms with Gasteiger partial charge in [0.15, 0.2) is 0 Å². The Kier molecular flexibility index (Phi) is 2.29. The monoisotopic (exact) mass is 154 g/mol. The summed E-state index contributed by atoms with van der Waals surface area (Å²) in [6.07, 6.45) is 1.54. The maximum Gasteiger partial charge on any atom is 0.224 e. The number of hydrogen-bond acceptors (Lipinski definition) is 2. The number of carbonyl (C=O) groups excluding carboxylic acids is 1. The van der Waals surface area contributed by atoms with E-state index in [9.17, 15) is 4.79 Å². The number of nitrogens with two attached hydrogens (primary N) is 1. The van der Waals surface area contributed by atoms with Crippen LogP contribution in [0.2, 0.25) is 0 Å². The van der Waals surface area contributed by atoms with E-state index in [0.29, 0.717) is 0 Å². The molecule has 0 aromatic heterocycles. The third-order valence-electron chi connectivity index (χ3n) is 2.13. The van der Waals surface area contributed by atoms with Crippen molar-refractivity contribution in [1.82, 2.24) is 5.32 Å². The van der Waals surface area contributed by atoms with Gasteiger partial charge in [-0.05, 0) is 12.8 Å². The van der Waals surface area contributed by atoms with Crippen LogP contribution in [0.1, 0.15) is 12.8 Å². The largest absolute Gasteiger partial charge is 0.359 e. The van der Waals surface area contributed by atoms with Gasteiger partial charge in [0.2, 0.25) is 5.91 Å². The summed E-state index contributed by atoms with van der Waals surface area (Å²) < 4.78 is 0. The zero-order valence-electron chi connectivity index (χ0n) is 6.76. The van der Waals surface area contributed by atoms with Gasteiger partial charge >= 0.3 is 0 Å². The average Bonchev–Trinajstić information content (AvgIpc) is 2.28. The molecule has 0 heterocycles. The molecule has 0 spiro atoms. The van der Waals surface area contributed by atoms with Crippen molar-refractivity contribution in [3.63, 3.8) is 0 Å². The van der Waals surface area contributed by atoms with Crippen molar-refractivity contribution in [2.75, 3.05) is 7.05 Å². The molecule has 0 aliphatic heterocycles. The highest BCUT2D eigenvalue weighted by Crippen LogP contribution is 2.27. The molecule has 11 heavy (non-hydrogen) atoms. The topological polar surface area (TPSA) is 55.1 Å². The van der Waals surface area contributed by atoms with E-state index in [1.807, 2.05) is 0 Å². The second kappa shape index (κ2) is 3.05. The average molecular weight is 154 g/mol. The fraction of sp³-hybridized carbons (Fsp3) is 0.625. The number of rotatable bonds is 1. The van der Waals surface area contributed by atoms with Crippen LogP contribution in [0, 0.1) is 5.92 Å². The van der Waals surface area contributed by atoms with Crippen LogP contribution in [0.4, 0.5) is 0 Å². The van der Waals surface area contributed by atoms with E-state index in [2.05, 4.69) is 11.9 Å². The van der Waals surface area contributed by atoms with E-state index in [-0.39, 0.29) is 17.9 Å². The molecule has 1 fully saturated rings. The van der Waals surface area contributed by atoms with E-state index in [1.165, 1.54) is 0 Å². The second-order valence-corrected chi connectivity index (χ2v) is 3.04. The lowest BCUT2D eigenvalue weighted by Crippen LogP contribution is -2.36. The summed E-state index contributed by atoms with van der Waals surface area (Å²) in [4.78, 5) is 11.1. The maximum atomic E-state index is 11.1. The molecule has 0 aromatic rings. The SMILES string of the molecule is C=C1C[C@H](N)[C@H](C(=O)NC)C1. The molecule has 62 valence electrons. The highest BCUT2D eigenvalue weighted by atomic mass is 16.1. The molecule has 1 aliphatic rings. The molecule has 0 unspecified atom stereocenters. The molecule has 1 aliphatic carbocycles. The van der Waals surface area contributed by atoms with Gasteiger partial charge in [0.1, 0.15) is 0 Å². The predicted molar refractivity (Wildman–Crippen MR) is 43.9 cm³/mol. The van der Waals surface area contributed by atoms with Crippen LogP contribution in [0.3, 0.4) is 0 Å². The van der Waals surface area contributed by atoms with Gasteiger partial charge in [0.25, 0.3) is 0 Å². The Bertz CT molecular complexity index is 189. The summed E-state index contributed by atoms with van der Waals surface area (Å²) in [5.41, 5.74) is 6.81. The van der Waals surface area contributed by atoms with E-state index in [1.54, 1.807) is 7.05 Å². The summed E-state index contributed by atoms with van der Waals surface area (Å²) >= 11 is 0. The summed E-state index contributed by atoms with van der Waals surface area (Å²) in [6.45, 7) is 3.81. The quantitative estimate of drug-likeness (QED) is 0.523. The van der Waals surface area contributed by atoms with Gasteiger partial charge < -0.3 is 11.1 Å². The number of nitrogens with one attached hydrogen (secondary N) is 1. The molecule has 0 saturated heterocycles. The molecular formula is C8H14N2O. The zero-order valence-corrected chi connectivity index (χ0v) is 6.76. The Morgan fingerprint density at radius 3 is 2.73 bits per heavy atom. The molecule has 2 atom stereocenters. The van der Waals surface area contributed by atoms with Crippen LogP contribution < -0.4 is 11.1 Å².